The maximum atomic E-state index is 4.76. The third kappa shape index (κ3) is 2.92. The van der Waals surface area contributed by atoms with Gasteiger partial charge in [0, 0.05) is 56.1 Å². The van der Waals surface area contributed by atoms with Crippen molar-refractivity contribution in [3.05, 3.63) is 146 Å². The molecule has 200 valence electrons. The van der Waals surface area contributed by atoms with Gasteiger partial charge in [-0.25, -0.2) is 4.98 Å². The minimum Gasteiger partial charge on any atom is -0.309 e. The number of hydrogen-bond donors (Lipinski definition) is 0. The lowest BCUT2D eigenvalue weighted by molar-refractivity contribution is 1.18. The number of imidazole rings is 1. The minimum absolute atomic E-state index is 0.983. The fourth-order valence-corrected chi connectivity index (χ4v) is 7.38. The third-order valence-corrected chi connectivity index (χ3v) is 9.07. The highest BCUT2D eigenvalue weighted by atomic mass is 15.0. The summed E-state index contributed by atoms with van der Waals surface area (Å²) in [6.07, 6.45) is 3.98. The Kier molecular flexibility index (Phi) is 4.42. The van der Waals surface area contributed by atoms with Crippen LogP contribution < -0.4 is 0 Å². The molecule has 0 saturated heterocycles. The summed E-state index contributed by atoms with van der Waals surface area (Å²) in [6.45, 7) is 0. The maximum absolute atomic E-state index is 4.76. The van der Waals surface area contributed by atoms with Gasteiger partial charge in [0.25, 0.3) is 0 Å². The standard InChI is InChI=1S/C39H24N4/c1-3-11-25(12-4-1)42-32-18-10-9-15-27(32)29-19-22-34-36(37(29)42)31-20-21-33-35(38(31)43(34)26-13-5-2-6-14-26)28-16-7-8-17-30(28)39-40-23-24-41(33)39/h1-24H. The van der Waals surface area contributed by atoms with Crippen LogP contribution in [0.4, 0.5) is 0 Å². The highest BCUT2D eigenvalue weighted by Crippen LogP contribution is 2.45. The van der Waals surface area contributed by atoms with Crippen molar-refractivity contribution in [2.75, 3.05) is 0 Å². The molecule has 0 aliphatic heterocycles. The van der Waals surface area contributed by atoms with Crippen LogP contribution >= 0.6 is 0 Å². The second kappa shape index (κ2) is 8.34. The van der Waals surface area contributed by atoms with E-state index in [4.69, 9.17) is 4.98 Å². The van der Waals surface area contributed by atoms with Gasteiger partial charge in [0.05, 0.1) is 27.6 Å². The van der Waals surface area contributed by atoms with E-state index in [1.54, 1.807) is 0 Å². The summed E-state index contributed by atoms with van der Waals surface area (Å²) in [5, 5.41) is 8.61. The predicted molar refractivity (Wildman–Crippen MR) is 179 cm³/mol. The van der Waals surface area contributed by atoms with Crippen molar-refractivity contribution >= 4 is 70.9 Å². The molecule has 10 aromatic rings. The van der Waals surface area contributed by atoms with Crippen LogP contribution in [0.5, 0.6) is 0 Å². The van der Waals surface area contributed by atoms with Crippen LogP contribution in [0.1, 0.15) is 0 Å². The number of rotatable bonds is 2. The summed E-state index contributed by atoms with van der Waals surface area (Å²) in [6, 6.07) is 48.2. The lowest BCUT2D eigenvalue weighted by atomic mass is 10.0. The van der Waals surface area contributed by atoms with Crippen LogP contribution in [-0.4, -0.2) is 18.5 Å². The first-order valence-corrected chi connectivity index (χ1v) is 14.7. The molecule has 4 aromatic heterocycles. The first-order chi connectivity index (χ1) is 21.4. The van der Waals surface area contributed by atoms with Gasteiger partial charge in [-0.3, -0.25) is 4.40 Å². The smallest absolute Gasteiger partial charge is 0.145 e. The molecule has 0 amide bonds. The Morgan fingerprint density at radius 1 is 0.395 bits per heavy atom. The van der Waals surface area contributed by atoms with E-state index in [1.165, 1.54) is 54.4 Å². The molecule has 0 atom stereocenters. The van der Waals surface area contributed by atoms with Crippen molar-refractivity contribution in [3.8, 4) is 11.4 Å². The van der Waals surface area contributed by atoms with Crippen LogP contribution in [0.3, 0.4) is 0 Å². The van der Waals surface area contributed by atoms with Gasteiger partial charge >= 0.3 is 0 Å². The summed E-state index contributed by atoms with van der Waals surface area (Å²) in [4.78, 5) is 4.76. The van der Waals surface area contributed by atoms with Crippen LogP contribution in [0, 0.1) is 0 Å². The topological polar surface area (TPSA) is 27.2 Å². The molecule has 0 aliphatic carbocycles. The van der Waals surface area contributed by atoms with Crippen molar-refractivity contribution in [2.24, 2.45) is 0 Å². The Hall–Kier alpha value is -5.87. The summed E-state index contributed by atoms with van der Waals surface area (Å²) in [5.41, 5.74) is 9.29. The summed E-state index contributed by atoms with van der Waals surface area (Å²) < 4.78 is 7.15. The van der Waals surface area contributed by atoms with Gasteiger partial charge < -0.3 is 9.13 Å². The highest BCUT2D eigenvalue weighted by molar-refractivity contribution is 6.32. The SMILES string of the molecule is c1ccc(-n2c3ccccc3c3ccc4c(c5ccc6c(c7ccccc7c7nccn67)c5n4-c4ccccc4)c32)cc1. The molecule has 6 aromatic carbocycles. The second-order valence-electron chi connectivity index (χ2n) is 11.2. The van der Waals surface area contributed by atoms with E-state index in [0.29, 0.717) is 0 Å². The molecule has 0 fully saturated rings. The average Bonchev–Trinajstić information content (AvgIpc) is 3.78. The number of benzene rings is 6. The molecule has 0 unspecified atom stereocenters. The molecule has 43 heavy (non-hydrogen) atoms. The molecule has 0 spiro atoms. The summed E-state index contributed by atoms with van der Waals surface area (Å²) >= 11 is 0. The van der Waals surface area contributed by atoms with Crippen LogP contribution in [-0.2, 0) is 0 Å². The van der Waals surface area contributed by atoms with Gasteiger partial charge in [-0.2, -0.15) is 0 Å². The zero-order valence-electron chi connectivity index (χ0n) is 23.1. The normalized spacial score (nSPS) is 12.2. The molecule has 4 heterocycles. The number of hydrogen-bond acceptors (Lipinski definition) is 1. The summed E-state index contributed by atoms with van der Waals surface area (Å²) in [7, 11) is 0. The largest absolute Gasteiger partial charge is 0.309 e. The predicted octanol–water partition coefficient (Wildman–Crippen LogP) is 9.83. The van der Waals surface area contributed by atoms with E-state index < -0.39 is 0 Å². The first kappa shape index (κ1) is 22.8. The van der Waals surface area contributed by atoms with E-state index in [2.05, 4.69) is 153 Å². The Labute approximate surface area is 246 Å². The van der Waals surface area contributed by atoms with E-state index in [-0.39, 0.29) is 0 Å². The zero-order chi connectivity index (χ0) is 28.1. The number of pyridine rings is 1. The van der Waals surface area contributed by atoms with E-state index >= 15 is 0 Å². The second-order valence-corrected chi connectivity index (χ2v) is 11.2. The Morgan fingerprint density at radius 3 is 1.72 bits per heavy atom. The van der Waals surface area contributed by atoms with E-state index in [9.17, 15) is 0 Å². The van der Waals surface area contributed by atoms with Gasteiger partial charge in [0.15, 0.2) is 0 Å². The molecule has 0 saturated carbocycles. The Balaban J connectivity index is 1.54. The lowest BCUT2D eigenvalue weighted by Crippen LogP contribution is -1.97. The molecule has 10 rings (SSSR count). The molecular formula is C39H24N4. The molecule has 0 bridgehead atoms. The first-order valence-electron chi connectivity index (χ1n) is 14.7. The van der Waals surface area contributed by atoms with Gasteiger partial charge in [-0.05, 0) is 53.9 Å². The van der Waals surface area contributed by atoms with Gasteiger partial charge in [-0.1, -0.05) is 84.9 Å². The minimum atomic E-state index is 0.983. The number of aromatic nitrogens is 4. The molecule has 0 aliphatic rings. The maximum Gasteiger partial charge on any atom is 0.145 e. The van der Waals surface area contributed by atoms with Crippen molar-refractivity contribution in [2.45, 2.75) is 0 Å². The van der Waals surface area contributed by atoms with Crippen molar-refractivity contribution in [1.82, 2.24) is 18.5 Å². The summed E-state index contributed by atoms with van der Waals surface area (Å²) in [5.74, 6) is 0. The average molecular weight is 549 g/mol. The van der Waals surface area contributed by atoms with Crippen molar-refractivity contribution < 1.29 is 0 Å². The highest BCUT2D eigenvalue weighted by Gasteiger charge is 2.23. The van der Waals surface area contributed by atoms with Crippen molar-refractivity contribution in [3.63, 3.8) is 0 Å². The zero-order valence-corrected chi connectivity index (χ0v) is 23.1. The quantitative estimate of drug-likeness (QED) is 0.198. The van der Waals surface area contributed by atoms with E-state index in [1.807, 2.05) is 6.20 Å². The monoisotopic (exact) mass is 548 g/mol. The fourth-order valence-electron chi connectivity index (χ4n) is 7.38. The third-order valence-electron chi connectivity index (χ3n) is 9.07. The molecule has 4 nitrogen and oxygen atoms in total. The lowest BCUT2D eigenvalue weighted by Gasteiger charge is -2.13. The Morgan fingerprint density at radius 2 is 0.953 bits per heavy atom. The molecule has 4 heteroatoms. The number of para-hydroxylation sites is 3. The van der Waals surface area contributed by atoms with Crippen LogP contribution in [0.25, 0.3) is 82.3 Å². The van der Waals surface area contributed by atoms with Crippen LogP contribution in [0.15, 0.2) is 146 Å². The van der Waals surface area contributed by atoms with Gasteiger partial charge in [0.2, 0.25) is 0 Å². The molecule has 0 N–H and O–H groups in total. The number of nitrogens with zero attached hydrogens (tertiary/aromatic N) is 4. The van der Waals surface area contributed by atoms with Gasteiger partial charge in [0.1, 0.15) is 5.65 Å². The fraction of sp³-hybridized carbons (Fsp3) is 0. The number of fused-ring (bicyclic) bond motifs is 14. The van der Waals surface area contributed by atoms with E-state index in [0.717, 1.165) is 27.9 Å². The Bertz CT molecular complexity index is 2710. The van der Waals surface area contributed by atoms with Gasteiger partial charge in [-0.15, -0.1) is 0 Å². The molecular weight excluding hydrogens is 524 g/mol. The van der Waals surface area contributed by atoms with Crippen LogP contribution in [0.2, 0.25) is 0 Å². The van der Waals surface area contributed by atoms with Crippen molar-refractivity contribution in [1.29, 1.82) is 0 Å². The molecule has 0 radical (unpaired) electrons.